The number of nitrogens with one attached hydrogen (secondary N) is 1. The van der Waals surface area contributed by atoms with Crippen molar-refractivity contribution >= 4 is 53.0 Å². The van der Waals surface area contributed by atoms with Crippen LogP contribution in [0.5, 0.6) is 0 Å². The van der Waals surface area contributed by atoms with Gasteiger partial charge in [0.1, 0.15) is 6.61 Å². The fourth-order valence-electron chi connectivity index (χ4n) is 3.11. The normalized spacial score (nSPS) is 21.5. The number of amides is 2. The molecule has 0 aliphatic carbocycles. The second-order valence-corrected chi connectivity index (χ2v) is 8.56. The van der Waals surface area contributed by atoms with Crippen LogP contribution in [0.15, 0.2) is 28.8 Å². The molecule has 11 nitrogen and oxygen atoms in total. The summed E-state index contributed by atoms with van der Waals surface area (Å²) in [5.74, 6) is -3.87. The van der Waals surface area contributed by atoms with Crippen LogP contribution in [0, 0.1) is 0 Å². The molecular weight excluding hydrogens is 475 g/mol. The van der Waals surface area contributed by atoms with Gasteiger partial charge in [0.2, 0.25) is 5.91 Å². The van der Waals surface area contributed by atoms with Crippen LogP contribution in [0.25, 0.3) is 0 Å². The molecule has 2 aliphatic rings. The van der Waals surface area contributed by atoms with Crippen molar-refractivity contribution in [1.82, 2.24) is 10.2 Å². The van der Waals surface area contributed by atoms with Crippen molar-refractivity contribution < 1.29 is 72.8 Å². The maximum Gasteiger partial charge on any atom is 1.00 e. The first kappa shape index (κ1) is 26.2. The van der Waals surface area contributed by atoms with E-state index in [2.05, 4.69) is 10.1 Å². The van der Waals surface area contributed by atoms with E-state index in [0.717, 1.165) is 30.7 Å². The Kier molecular flexibility index (Phi) is 8.76. The molecule has 0 spiro atoms. The van der Waals surface area contributed by atoms with Crippen molar-refractivity contribution in [3.63, 3.8) is 0 Å². The zero-order valence-corrected chi connectivity index (χ0v) is 21.0. The number of hydrogen-bond donors (Lipinski definition) is 1. The van der Waals surface area contributed by atoms with Crippen LogP contribution < -0.4 is 40.0 Å². The third-order valence-electron chi connectivity index (χ3n) is 4.40. The number of aliphatic carboxylic acids is 1. The molecule has 1 aromatic heterocycles. The topological polar surface area (TPSA) is 151 Å². The van der Waals surface area contributed by atoms with Crippen LogP contribution in [0.1, 0.15) is 11.8 Å². The number of thiophene rings is 1. The Bertz CT molecular complexity index is 966. The average Bonchev–Trinajstić information content (AvgIpc) is 3.23. The zero-order chi connectivity index (χ0) is 22.8. The van der Waals surface area contributed by atoms with Gasteiger partial charge in [0.15, 0.2) is 5.37 Å². The quantitative estimate of drug-likeness (QED) is 0.175. The molecule has 0 unspecified atom stereocenters. The van der Waals surface area contributed by atoms with E-state index in [1.807, 2.05) is 0 Å². The Hall–Kier alpha value is -2.06. The number of methoxy groups -OCH3 is 1. The van der Waals surface area contributed by atoms with Gasteiger partial charge in [0.25, 0.3) is 11.6 Å². The van der Waals surface area contributed by atoms with E-state index in [4.69, 9.17) is 9.47 Å². The van der Waals surface area contributed by atoms with E-state index in [0.29, 0.717) is 4.88 Å². The van der Waals surface area contributed by atoms with Crippen molar-refractivity contribution in [1.29, 1.82) is 0 Å². The monoisotopic (exact) mass is 492 g/mol. The Morgan fingerprint density at radius 1 is 1.34 bits per heavy atom. The molecule has 0 bridgehead atoms. The number of rotatable bonds is 7. The first-order valence-corrected chi connectivity index (χ1v) is 10.7. The van der Waals surface area contributed by atoms with E-state index in [-0.39, 0.29) is 53.9 Å². The van der Waals surface area contributed by atoms with E-state index < -0.39 is 46.7 Å². The minimum Gasteiger partial charge on any atom is -0.543 e. The SMILES string of the molecule is COC(=O)O[C@]1(NC(=O)Cc2cccs2)C(=O)N2C(C(=O)[O-])=C(COC(C)=O)CS[C@@H]21.[Na+]. The van der Waals surface area contributed by atoms with Gasteiger partial charge in [-0.25, -0.2) is 4.79 Å². The molecule has 1 aromatic rings. The summed E-state index contributed by atoms with van der Waals surface area (Å²) in [6, 6.07) is 3.48. The summed E-state index contributed by atoms with van der Waals surface area (Å²) in [6.45, 7) is 0.808. The van der Waals surface area contributed by atoms with Gasteiger partial charge in [-0.1, -0.05) is 6.07 Å². The number of β-lactam (4-membered cyclic amide) rings is 1. The fourth-order valence-corrected chi connectivity index (χ4v) is 5.18. The van der Waals surface area contributed by atoms with Crippen molar-refractivity contribution in [2.45, 2.75) is 24.4 Å². The van der Waals surface area contributed by atoms with Crippen LogP contribution in [-0.4, -0.2) is 65.4 Å². The molecular formula is C18H17N2NaO9S2. The van der Waals surface area contributed by atoms with Gasteiger partial charge in [-0.3, -0.25) is 19.3 Å². The molecule has 0 radical (unpaired) electrons. The molecule has 2 amide bonds. The number of carbonyl (C=O) groups is 5. The standard InChI is InChI=1S/C18H18N2O9S2.Na/c1-9(21)28-7-10-8-31-16-18(29-17(26)27-2,15(25)20(16)13(10)14(23)24)19-12(22)6-11-4-3-5-30-11;/h3-5,16H,6-8H2,1-2H3,(H,19,22)(H,23,24);/q;+1/p-1/t16-,18-;/m1./s1. The number of esters is 1. The van der Waals surface area contributed by atoms with Gasteiger partial charge in [0, 0.05) is 23.1 Å². The summed E-state index contributed by atoms with van der Waals surface area (Å²) < 4.78 is 14.5. The third kappa shape index (κ3) is 5.12. The minimum atomic E-state index is -2.15. The summed E-state index contributed by atoms with van der Waals surface area (Å²) in [6.07, 6.45) is -1.30. The summed E-state index contributed by atoms with van der Waals surface area (Å²) >= 11 is 2.36. The predicted octanol–water partition coefficient (Wildman–Crippen LogP) is -3.63. The average molecular weight is 492 g/mol. The number of carbonyl (C=O) groups excluding carboxylic acids is 5. The molecule has 0 saturated carbocycles. The van der Waals surface area contributed by atoms with Gasteiger partial charge >= 0.3 is 41.7 Å². The molecule has 2 aliphatic heterocycles. The zero-order valence-electron chi connectivity index (χ0n) is 17.4. The molecule has 14 heteroatoms. The van der Waals surface area contributed by atoms with Crippen molar-refractivity contribution in [3.05, 3.63) is 33.7 Å². The predicted molar refractivity (Wildman–Crippen MR) is 104 cm³/mol. The summed E-state index contributed by atoms with van der Waals surface area (Å²) in [5.41, 5.74) is -2.51. The Morgan fingerprint density at radius 3 is 2.62 bits per heavy atom. The largest absolute Gasteiger partial charge is 1.00 e. The van der Waals surface area contributed by atoms with E-state index >= 15 is 0 Å². The summed E-state index contributed by atoms with van der Waals surface area (Å²) in [5, 5.41) is 14.8. The van der Waals surface area contributed by atoms with Crippen LogP contribution >= 0.6 is 23.1 Å². The Morgan fingerprint density at radius 2 is 2.06 bits per heavy atom. The van der Waals surface area contributed by atoms with E-state index in [1.54, 1.807) is 17.5 Å². The fraction of sp³-hybridized carbons (Fsp3) is 0.389. The molecule has 1 N–H and O–H groups in total. The first-order chi connectivity index (χ1) is 14.7. The second kappa shape index (κ2) is 10.7. The number of hydrogen-bond acceptors (Lipinski definition) is 11. The molecule has 3 rings (SSSR count). The van der Waals surface area contributed by atoms with E-state index in [9.17, 15) is 29.1 Å². The third-order valence-corrected chi connectivity index (χ3v) is 6.65. The van der Waals surface area contributed by atoms with Gasteiger partial charge in [-0.2, -0.15) is 0 Å². The number of nitrogens with zero attached hydrogens (tertiary/aromatic N) is 1. The number of carboxylic acids is 1. The molecule has 0 aromatic carbocycles. The van der Waals surface area contributed by atoms with E-state index in [1.165, 1.54) is 11.3 Å². The maximum absolute atomic E-state index is 13.0. The molecule has 2 atom stereocenters. The first-order valence-electron chi connectivity index (χ1n) is 8.82. The van der Waals surface area contributed by atoms with Crippen LogP contribution in [0.2, 0.25) is 0 Å². The summed E-state index contributed by atoms with van der Waals surface area (Å²) in [7, 11) is 1.03. The van der Waals surface area contributed by atoms with Gasteiger partial charge in [-0.05, 0) is 11.4 Å². The van der Waals surface area contributed by atoms with Gasteiger partial charge in [0.05, 0.1) is 25.2 Å². The summed E-state index contributed by atoms with van der Waals surface area (Å²) in [4.78, 5) is 61.8. The molecule has 3 heterocycles. The van der Waals surface area contributed by atoms with Crippen LogP contribution in [-0.2, 0) is 39.8 Å². The Labute approximate surface area is 212 Å². The molecule has 32 heavy (non-hydrogen) atoms. The molecule has 1 fully saturated rings. The number of ether oxygens (including phenoxy) is 3. The number of fused-ring (bicyclic) bond motifs is 1. The number of thioether (sulfide) groups is 1. The number of carboxylic acid groups (broad SMARTS) is 1. The maximum atomic E-state index is 13.0. The van der Waals surface area contributed by atoms with Gasteiger partial charge < -0.3 is 29.4 Å². The van der Waals surface area contributed by atoms with Crippen molar-refractivity contribution in [3.8, 4) is 0 Å². The van der Waals surface area contributed by atoms with Crippen LogP contribution in [0.3, 0.4) is 0 Å². The van der Waals surface area contributed by atoms with Crippen LogP contribution in [0.4, 0.5) is 4.79 Å². The van der Waals surface area contributed by atoms with Gasteiger partial charge in [-0.15, -0.1) is 23.1 Å². The second-order valence-electron chi connectivity index (χ2n) is 6.45. The Balaban J connectivity index is 0.00000363. The molecule has 1 saturated heterocycles. The minimum absolute atomic E-state index is 0. The van der Waals surface area contributed by atoms with Crippen molar-refractivity contribution in [2.75, 3.05) is 19.5 Å². The van der Waals surface area contributed by atoms with Crippen molar-refractivity contribution in [2.24, 2.45) is 0 Å². The molecule has 166 valence electrons. The smallest absolute Gasteiger partial charge is 0.543 e.